The molecule has 13 heteroatoms. The summed E-state index contributed by atoms with van der Waals surface area (Å²) in [6, 6.07) is 11.3. The van der Waals surface area contributed by atoms with Crippen LogP contribution in [-0.2, 0) is 20.9 Å². The number of hydrogen-bond acceptors (Lipinski definition) is 8. The van der Waals surface area contributed by atoms with Gasteiger partial charge in [-0.25, -0.2) is 0 Å². The van der Waals surface area contributed by atoms with Crippen molar-refractivity contribution in [3.8, 4) is 17.2 Å². The van der Waals surface area contributed by atoms with Gasteiger partial charge < -0.3 is 58.2 Å². The van der Waals surface area contributed by atoms with Gasteiger partial charge in [-0.1, -0.05) is 6.07 Å². The molecule has 1 aliphatic heterocycles. The van der Waals surface area contributed by atoms with Crippen LogP contribution in [0.4, 0.5) is 0 Å². The average molecular weight is 748 g/mol. The highest BCUT2D eigenvalue weighted by Gasteiger charge is 2.37. The van der Waals surface area contributed by atoms with Crippen molar-refractivity contribution < 1.29 is 61.8 Å². The maximum Gasteiger partial charge on any atom is 0.289 e. The van der Waals surface area contributed by atoms with Gasteiger partial charge >= 0.3 is 0 Å². The number of amides is 3. The quantitative estimate of drug-likeness (QED) is 0.0962. The standard InChI is InChI=1S/C33H41N5O7.HI/c1-38(2,3)16-7-17-45-23-10-11-26-25(19-23)24(13-14-34-26)32(41)36-21-30(39)37-15-6-8-27(37)31(40)33(42)35-20-22-9-12-28(43-4)29(18-22)44-5;/h9-14,18-19,27H,6-8,15-17,20-21H2,1-5H3,(H-,35,36,41,42);1H/t27-;/m0./s1. The molecular formula is C33H42IN5O7. The van der Waals surface area contributed by atoms with Crippen LogP contribution in [0.5, 0.6) is 17.2 Å². The number of aromatic nitrogens is 1. The second-order valence-corrected chi connectivity index (χ2v) is 11.9. The van der Waals surface area contributed by atoms with Crippen LogP contribution in [0.1, 0.15) is 35.2 Å². The number of fused-ring (bicyclic) bond motifs is 1. The van der Waals surface area contributed by atoms with Gasteiger partial charge in [0, 0.05) is 31.1 Å². The number of hydrogen-bond donors (Lipinski definition) is 2. The molecule has 12 nitrogen and oxygen atoms in total. The molecule has 3 aromatic rings. The number of likely N-dealkylation sites (tertiary alicyclic amines) is 1. The summed E-state index contributed by atoms with van der Waals surface area (Å²) in [5.41, 5.74) is 1.70. The number of ketones is 1. The van der Waals surface area contributed by atoms with E-state index >= 15 is 0 Å². The lowest BCUT2D eigenvalue weighted by Gasteiger charge is -2.23. The largest absolute Gasteiger partial charge is 1.00 e. The molecule has 3 amide bonds. The third kappa shape index (κ3) is 9.52. The number of carbonyl (C=O) groups is 4. The van der Waals surface area contributed by atoms with E-state index in [4.69, 9.17) is 14.2 Å². The topological polar surface area (TPSA) is 136 Å². The predicted molar refractivity (Wildman–Crippen MR) is 168 cm³/mol. The first-order chi connectivity index (χ1) is 21.5. The van der Waals surface area contributed by atoms with Gasteiger partial charge in [0.25, 0.3) is 11.8 Å². The van der Waals surface area contributed by atoms with Crippen LogP contribution < -0.4 is 48.8 Å². The van der Waals surface area contributed by atoms with Crippen molar-refractivity contribution in [2.75, 3.05) is 61.6 Å². The van der Waals surface area contributed by atoms with Gasteiger partial charge in [0.15, 0.2) is 11.5 Å². The molecule has 0 spiro atoms. The second-order valence-electron chi connectivity index (χ2n) is 11.9. The zero-order valence-electron chi connectivity index (χ0n) is 26.9. The molecule has 1 fully saturated rings. The Labute approximate surface area is 286 Å². The van der Waals surface area contributed by atoms with Gasteiger partial charge in [-0.3, -0.25) is 24.2 Å². The van der Waals surface area contributed by atoms with Crippen LogP contribution in [0, 0.1) is 0 Å². The van der Waals surface area contributed by atoms with Gasteiger partial charge in [0.1, 0.15) is 11.8 Å². The van der Waals surface area contributed by atoms with Gasteiger partial charge in [0.05, 0.1) is 66.1 Å². The molecule has 1 aromatic heterocycles. The highest BCUT2D eigenvalue weighted by molar-refractivity contribution is 6.38. The fraction of sp³-hybridized carbons (Fsp3) is 0.424. The van der Waals surface area contributed by atoms with E-state index in [2.05, 4.69) is 36.8 Å². The molecule has 0 bridgehead atoms. The number of pyridine rings is 1. The van der Waals surface area contributed by atoms with E-state index in [9.17, 15) is 19.2 Å². The molecular weight excluding hydrogens is 705 g/mol. The zero-order chi connectivity index (χ0) is 32.6. The molecule has 46 heavy (non-hydrogen) atoms. The van der Waals surface area contributed by atoms with Crippen molar-refractivity contribution in [1.82, 2.24) is 20.5 Å². The van der Waals surface area contributed by atoms with E-state index in [0.29, 0.717) is 59.7 Å². The maximum absolute atomic E-state index is 13.2. The Morgan fingerprint density at radius 1 is 0.978 bits per heavy atom. The minimum absolute atomic E-state index is 0. The molecule has 2 heterocycles. The Kier molecular flexibility index (Phi) is 13.1. The number of rotatable bonds is 14. The van der Waals surface area contributed by atoms with Crippen molar-refractivity contribution in [2.45, 2.75) is 31.8 Å². The molecule has 2 aromatic carbocycles. The summed E-state index contributed by atoms with van der Waals surface area (Å²) < 4.78 is 17.3. The van der Waals surface area contributed by atoms with Crippen LogP contribution in [0.15, 0.2) is 48.7 Å². The molecule has 0 radical (unpaired) electrons. The van der Waals surface area contributed by atoms with Gasteiger partial charge in [0.2, 0.25) is 11.7 Å². The molecule has 4 rings (SSSR count). The normalized spacial score (nSPS) is 14.3. The third-order valence-corrected chi connectivity index (χ3v) is 7.60. The number of halogens is 1. The summed E-state index contributed by atoms with van der Waals surface area (Å²) in [6.07, 6.45) is 3.36. The number of ether oxygens (including phenoxy) is 3. The second kappa shape index (κ2) is 16.5. The first-order valence-electron chi connectivity index (χ1n) is 14.9. The summed E-state index contributed by atoms with van der Waals surface area (Å²) in [5.74, 6) is -0.679. The fourth-order valence-electron chi connectivity index (χ4n) is 5.24. The summed E-state index contributed by atoms with van der Waals surface area (Å²) in [7, 11) is 9.41. The third-order valence-electron chi connectivity index (χ3n) is 7.60. The molecule has 1 aliphatic rings. The predicted octanol–water partition coefficient (Wildman–Crippen LogP) is -0.663. The number of benzene rings is 2. The molecule has 2 N–H and O–H groups in total. The highest BCUT2D eigenvalue weighted by atomic mass is 127. The van der Waals surface area contributed by atoms with Gasteiger partial charge in [-0.15, -0.1) is 0 Å². The highest BCUT2D eigenvalue weighted by Crippen LogP contribution is 2.27. The SMILES string of the molecule is COc1ccc(CNC(=O)C(=O)[C@@H]2CCCN2C(=O)CNC(=O)c2ccnc3ccc(OCCC[N+](C)(C)C)cc23)cc1OC.[I-]. The van der Waals surface area contributed by atoms with E-state index in [0.717, 1.165) is 23.0 Å². The first-order valence-corrected chi connectivity index (χ1v) is 14.9. The van der Waals surface area contributed by atoms with Crippen molar-refractivity contribution in [2.24, 2.45) is 0 Å². The summed E-state index contributed by atoms with van der Waals surface area (Å²) in [4.78, 5) is 57.8. The first kappa shape index (κ1) is 36.5. The summed E-state index contributed by atoms with van der Waals surface area (Å²) in [5, 5.41) is 5.91. The molecule has 1 saturated heterocycles. The average Bonchev–Trinajstić information content (AvgIpc) is 3.53. The maximum atomic E-state index is 13.2. The van der Waals surface area contributed by atoms with Crippen molar-refractivity contribution in [1.29, 1.82) is 0 Å². The lowest BCUT2D eigenvalue weighted by molar-refractivity contribution is -0.870. The number of carbonyl (C=O) groups excluding carboxylic acids is 4. The number of nitrogens with one attached hydrogen (secondary N) is 2. The van der Waals surface area contributed by atoms with E-state index < -0.39 is 29.5 Å². The van der Waals surface area contributed by atoms with E-state index in [-0.39, 0.29) is 37.1 Å². The van der Waals surface area contributed by atoms with Gasteiger partial charge in [-0.05, 0) is 54.8 Å². The minimum Gasteiger partial charge on any atom is -1.00 e. The van der Waals surface area contributed by atoms with Crippen molar-refractivity contribution in [3.63, 3.8) is 0 Å². The zero-order valence-corrected chi connectivity index (χ0v) is 29.1. The Morgan fingerprint density at radius 2 is 1.74 bits per heavy atom. The Balaban J connectivity index is 0.00000576. The molecule has 0 unspecified atom stereocenters. The van der Waals surface area contributed by atoms with Crippen LogP contribution in [-0.4, -0.2) is 106 Å². The Morgan fingerprint density at radius 3 is 2.46 bits per heavy atom. The lowest BCUT2D eigenvalue weighted by Crippen LogP contribution is -3.00. The lowest BCUT2D eigenvalue weighted by atomic mass is 10.1. The summed E-state index contributed by atoms with van der Waals surface area (Å²) in [6.45, 7) is 1.61. The Hall–Kier alpha value is -3.98. The van der Waals surface area contributed by atoms with Crippen LogP contribution in [0.2, 0.25) is 0 Å². The molecule has 0 aliphatic carbocycles. The monoisotopic (exact) mass is 747 g/mol. The van der Waals surface area contributed by atoms with E-state index in [1.165, 1.54) is 25.3 Å². The smallest absolute Gasteiger partial charge is 0.289 e. The Bertz CT molecular complexity index is 1560. The van der Waals surface area contributed by atoms with Crippen LogP contribution in [0.3, 0.4) is 0 Å². The van der Waals surface area contributed by atoms with Crippen molar-refractivity contribution in [3.05, 3.63) is 59.8 Å². The van der Waals surface area contributed by atoms with Crippen LogP contribution in [0.25, 0.3) is 10.9 Å². The van der Waals surface area contributed by atoms with E-state index in [1.807, 2.05) is 6.07 Å². The number of quaternary nitrogens is 1. The fourth-order valence-corrected chi connectivity index (χ4v) is 5.24. The number of methoxy groups -OCH3 is 2. The number of nitrogens with zero attached hydrogens (tertiary/aromatic N) is 3. The number of Topliss-reactive ketones (excluding diaryl/α,β-unsaturated/α-hetero) is 1. The summed E-state index contributed by atoms with van der Waals surface area (Å²) >= 11 is 0. The van der Waals surface area contributed by atoms with Crippen molar-refractivity contribution >= 4 is 34.4 Å². The van der Waals surface area contributed by atoms with Gasteiger partial charge in [-0.2, -0.15) is 0 Å². The molecule has 248 valence electrons. The molecule has 0 saturated carbocycles. The molecule has 1 atom stereocenters. The van der Waals surface area contributed by atoms with Crippen LogP contribution >= 0.6 is 0 Å². The minimum atomic E-state index is -0.890. The van der Waals surface area contributed by atoms with E-state index in [1.54, 1.807) is 36.4 Å².